The van der Waals surface area contributed by atoms with Gasteiger partial charge in [0.25, 0.3) is 5.91 Å². The van der Waals surface area contributed by atoms with Crippen molar-refractivity contribution in [1.29, 1.82) is 0 Å². The smallest absolute Gasteiger partial charge is 0.251 e. The van der Waals surface area contributed by atoms with Gasteiger partial charge in [0, 0.05) is 17.6 Å². The first-order valence-corrected chi connectivity index (χ1v) is 18.2. The van der Waals surface area contributed by atoms with Gasteiger partial charge in [-0.05, 0) is 61.6 Å². The van der Waals surface area contributed by atoms with E-state index in [1.807, 2.05) is 24.3 Å². The SMILES string of the molecule is CC(C)(C)c1ccc(C(=O)N[C@H]2CCCCCC[C@H]2C(=O)N[C@H]2CCCCCC[C@H]2C(=O)N2C(=O)[C@@H]3CCCCCC[C@@H]32)cc1. The van der Waals surface area contributed by atoms with Crippen LogP contribution in [0.15, 0.2) is 24.3 Å². The van der Waals surface area contributed by atoms with Crippen LogP contribution in [0.4, 0.5) is 0 Å². The summed E-state index contributed by atoms with van der Waals surface area (Å²) in [5, 5.41) is 6.62. The molecule has 45 heavy (non-hydrogen) atoms. The van der Waals surface area contributed by atoms with Crippen molar-refractivity contribution in [2.45, 2.75) is 160 Å². The zero-order valence-electron chi connectivity index (χ0n) is 28.1. The third kappa shape index (κ3) is 8.18. The summed E-state index contributed by atoms with van der Waals surface area (Å²) >= 11 is 0. The molecule has 248 valence electrons. The van der Waals surface area contributed by atoms with Gasteiger partial charge in [-0.3, -0.25) is 24.1 Å². The van der Waals surface area contributed by atoms with E-state index in [1.54, 1.807) is 4.90 Å². The molecule has 0 radical (unpaired) electrons. The molecule has 4 amide bonds. The predicted octanol–water partition coefficient (Wildman–Crippen LogP) is 7.22. The van der Waals surface area contributed by atoms with Crippen molar-refractivity contribution in [3.05, 3.63) is 35.4 Å². The summed E-state index contributed by atoms with van der Waals surface area (Å²) in [6, 6.07) is 7.31. The first-order valence-electron chi connectivity index (χ1n) is 18.2. The van der Waals surface area contributed by atoms with Crippen LogP contribution in [-0.2, 0) is 19.8 Å². The topological polar surface area (TPSA) is 95.6 Å². The maximum atomic E-state index is 14.2. The molecule has 1 aromatic rings. The average Bonchev–Trinajstić information content (AvgIpc) is 2.96. The summed E-state index contributed by atoms with van der Waals surface area (Å²) < 4.78 is 0. The first kappa shape index (κ1) is 33.7. The Hall–Kier alpha value is -2.70. The Balaban J connectivity index is 1.30. The standard InChI is InChI=1S/C38H57N3O4/c1-38(2,3)27-24-22-26(23-25-27)34(42)39-31-19-13-7-4-10-16-28(31)35(43)40-32-20-14-8-5-11-17-29(32)36(44)41-33-21-15-9-6-12-18-30(33)37(41)45/h22-25,28-33H,4-21H2,1-3H3,(H,39,42)(H,40,43)/t28-,29-,30-,31+,32+,33+/m1/s1. The van der Waals surface area contributed by atoms with E-state index < -0.39 is 0 Å². The second kappa shape index (κ2) is 15.3. The number of carbonyl (C=O) groups is 4. The van der Waals surface area contributed by atoms with Gasteiger partial charge in [0.1, 0.15) is 0 Å². The molecule has 1 aliphatic heterocycles. The van der Waals surface area contributed by atoms with E-state index in [4.69, 9.17) is 0 Å². The molecule has 1 aromatic carbocycles. The van der Waals surface area contributed by atoms with Crippen molar-refractivity contribution in [3.8, 4) is 0 Å². The predicted molar refractivity (Wildman–Crippen MR) is 178 cm³/mol. The highest BCUT2D eigenvalue weighted by Gasteiger charge is 2.52. The molecule has 2 N–H and O–H groups in total. The molecule has 0 bridgehead atoms. The highest BCUT2D eigenvalue weighted by Crippen LogP contribution is 2.39. The summed E-state index contributed by atoms with van der Waals surface area (Å²) in [5.41, 5.74) is 1.80. The average molecular weight is 620 g/mol. The Morgan fingerprint density at radius 3 is 1.76 bits per heavy atom. The monoisotopic (exact) mass is 619 g/mol. The quantitative estimate of drug-likeness (QED) is 0.269. The van der Waals surface area contributed by atoms with Crippen LogP contribution in [-0.4, -0.2) is 46.7 Å². The summed E-state index contributed by atoms with van der Waals surface area (Å²) in [4.78, 5) is 56.6. The number of imide groups is 1. The van der Waals surface area contributed by atoms with Crippen molar-refractivity contribution in [3.63, 3.8) is 0 Å². The number of rotatable bonds is 5. The Morgan fingerprint density at radius 2 is 1.16 bits per heavy atom. The highest BCUT2D eigenvalue weighted by atomic mass is 16.2. The van der Waals surface area contributed by atoms with Crippen LogP contribution in [0.25, 0.3) is 0 Å². The van der Waals surface area contributed by atoms with E-state index in [9.17, 15) is 19.2 Å². The Morgan fingerprint density at radius 1 is 0.644 bits per heavy atom. The molecule has 1 saturated heterocycles. The molecule has 5 rings (SSSR count). The van der Waals surface area contributed by atoms with Gasteiger partial charge >= 0.3 is 0 Å². The van der Waals surface area contributed by atoms with E-state index in [0.717, 1.165) is 96.3 Å². The Kier molecular flexibility index (Phi) is 11.4. The number of likely N-dealkylation sites (tertiary alicyclic amines) is 1. The molecule has 7 heteroatoms. The molecule has 4 fully saturated rings. The van der Waals surface area contributed by atoms with Crippen LogP contribution in [0.1, 0.15) is 152 Å². The lowest BCUT2D eigenvalue weighted by atomic mass is 9.76. The zero-order valence-corrected chi connectivity index (χ0v) is 28.1. The van der Waals surface area contributed by atoms with Gasteiger partial charge in [-0.25, -0.2) is 0 Å². The van der Waals surface area contributed by atoms with Crippen LogP contribution >= 0.6 is 0 Å². The van der Waals surface area contributed by atoms with Gasteiger partial charge in [-0.15, -0.1) is 0 Å². The number of amides is 4. The minimum atomic E-state index is -0.368. The number of fused-ring (bicyclic) bond motifs is 1. The summed E-state index contributed by atoms with van der Waals surface area (Å²) in [5.74, 6) is -0.944. The van der Waals surface area contributed by atoms with Gasteiger partial charge in [-0.2, -0.15) is 0 Å². The maximum Gasteiger partial charge on any atom is 0.251 e. The Labute approximate surface area is 271 Å². The number of hydrogen-bond acceptors (Lipinski definition) is 4. The molecule has 3 aliphatic carbocycles. The van der Waals surface area contributed by atoms with Gasteiger partial charge in [-0.1, -0.05) is 110 Å². The maximum absolute atomic E-state index is 14.2. The van der Waals surface area contributed by atoms with Crippen molar-refractivity contribution in [2.75, 3.05) is 0 Å². The molecule has 0 spiro atoms. The number of nitrogens with one attached hydrogen (secondary N) is 2. The van der Waals surface area contributed by atoms with Gasteiger partial charge in [0.15, 0.2) is 0 Å². The fourth-order valence-electron chi connectivity index (χ4n) is 8.36. The second-order valence-electron chi connectivity index (χ2n) is 15.4. The number of benzene rings is 1. The van der Waals surface area contributed by atoms with Crippen LogP contribution in [0.3, 0.4) is 0 Å². The van der Waals surface area contributed by atoms with E-state index in [2.05, 4.69) is 31.4 Å². The molecule has 7 nitrogen and oxygen atoms in total. The largest absolute Gasteiger partial charge is 0.352 e. The number of nitrogens with zero attached hydrogens (tertiary/aromatic N) is 1. The minimum Gasteiger partial charge on any atom is -0.352 e. The van der Waals surface area contributed by atoms with Crippen LogP contribution in [0.2, 0.25) is 0 Å². The minimum absolute atomic E-state index is 0.000180. The normalized spacial score (nSPS) is 30.1. The van der Waals surface area contributed by atoms with Crippen LogP contribution < -0.4 is 10.6 Å². The summed E-state index contributed by atoms with van der Waals surface area (Å²) in [7, 11) is 0. The van der Waals surface area contributed by atoms with Crippen molar-refractivity contribution >= 4 is 23.6 Å². The molecule has 6 atom stereocenters. The third-order valence-electron chi connectivity index (χ3n) is 11.2. The lowest BCUT2D eigenvalue weighted by molar-refractivity contribution is -0.170. The Bertz CT molecular complexity index is 1190. The van der Waals surface area contributed by atoms with E-state index >= 15 is 0 Å². The van der Waals surface area contributed by atoms with Gasteiger partial charge < -0.3 is 10.6 Å². The number of β-lactam (4-membered cyclic amide) rings is 1. The molecule has 0 aromatic heterocycles. The fourth-order valence-corrected chi connectivity index (χ4v) is 8.36. The summed E-state index contributed by atoms with van der Waals surface area (Å²) in [6.07, 6.45) is 17.4. The molecule has 0 unspecified atom stereocenters. The van der Waals surface area contributed by atoms with Gasteiger partial charge in [0.2, 0.25) is 17.7 Å². The third-order valence-corrected chi connectivity index (χ3v) is 11.2. The van der Waals surface area contributed by atoms with Crippen LogP contribution in [0, 0.1) is 17.8 Å². The molecule has 1 heterocycles. The fraction of sp³-hybridized carbons (Fsp3) is 0.737. The van der Waals surface area contributed by atoms with E-state index in [-0.39, 0.29) is 64.9 Å². The summed E-state index contributed by atoms with van der Waals surface area (Å²) in [6.45, 7) is 6.47. The molecular weight excluding hydrogens is 562 g/mol. The van der Waals surface area contributed by atoms with E-state index in [1.165, 1.54) is 18.4 Å². The van der Waals surface area contributed by atoms with E-state index in [0.29, 0.717) is 12.0 Å². The molecule has 3 saturated carbocycles. The molecular formula is C38H57N3O4. The number of carbonyl (C=O) groups excluding carboxylic acids is 4. The first-order chi connectivity index (χ1) is 21.6. The number of hydrogen-bond donors (Lipinski definition) is 2. The lowest BCUT2D eigenvalue weighted by Crippen LogP contribution is -2.65. The highest BCUT2D eigenvalue weighted by molar-refractivity contribution is 6.03. The van der Waals surface area contributed by atoms with Crippen molar-refractivity contribution < 1.29 is 19.2 Å². The van der Waals surface area contributed by atoms with Crippen LogP contribution in [0.5, 0.6) is 0 Å². The lowest BCUT2D eigenvalue weighted by Gasteiger charge is -2.49. The second-order valence-corrected chi connectivity index (χ2v) is 15.4. The van der Waals surface area contributed by atoms with Crippen molar-refractivity contribution in [1.82, 2.24) is 15.5 Å². The van der Waals surface area contributed by atoms with Crippen molar-refractivity contribution in [2.24, 2.45) is 17.8 Å². The zero-order chi connectivity index (χ0) is 32.0. The molecule has 4 aliphatic rings. The van der Waals surface area contributed by atoms with Gasteiger partial charge in [0.05, 0.1) is 23.8 Å².